The highest BCUT2D eigenvalue weighted by atomic mass is 16.3. The highest BCUT2D eigenvalue weighted by molar-refractivity contribution is 5.68. The normalized spacial score (nSPS) is 11.3. The molecule has 0 aliphatic heterocycles. The number of hydrazine groups is 1. The van der Waals surface area contributed by atoms with Crippen molar-refractivity contribution in [1.29, 1.82) is 0 Å². The second-order valence-electron chi connectivity index (χ2n) is 7.43. The summed E-state index contributed by atoms with van der Waals surface area (Å²) in [5.74, 6) is 0. The van der Waals surface area contributed by atoms with Crippen molar-refractivity contribution in [3.8, 4) is 0 Å². The van der Waals surface area contributed by atoms with Crippen LogP contribution in [0.3, 0.4) is 0 Å². The molecule has 0 aliphatic carbocycles. The molecule has 0 radical (unpaired) electrons. The molecule has 33 heavy (non-hydrogen) atoms. The predicted octanol–water partition coefficient (Wildman–Crippen LogP) is 6.39. The first kappa shape index (κ1) is 23.4. The summed E-state index contributed by atoms with van der Waals surface area (Å²) in [5.41, 5.74) is 11.8. The molecule has 2 aromatic carbocycles. The molecule has 7 heteroatoms. The lowest BCUT2D eigenvalue weighted by molar-refractivity contribution is 0.816. The van der Waals surface area contributed by atoms with Crippen molar-refractivity contribution in [1.82, 2.24) is 4.98 Å². The Labute approximate surface area is 194 Å². The molecule has 0 bridgehead atoms. The van der Waals surface area contributed by atoms with E-state index < -0.39 is 0 Å². The molecule has 0 fully saturated rings. The van der Waals surface area contributed by atoms with E-state index in [0.29, 0.717) is 24.5 Å². The molecule has 3 aromatic rings. The smallest absolute Gasteiger partial charge is 0.133 e. The summed E-state index contributed by atoms with van der Waals surface area (Å²) in [5, 5.41) is 3.09. The van der Waals surface area contributed by atoms with Crippen molar-refractivity contribution in [3.63, 3.8) is 0 Å². The van der Waals surface area contributed by atoms with Crippen molar-refractivity contribution in [2.45, 2.75) is 20.4 Å². The van der Waals surface area contributed by atoms with Gasteiger partial charge in [-0.25, -0.2) is 0 Å². The van der Waals surface area contributed by atoms with Crippen LogP contribution in [-0.2, 0) is 6.54 Å². The fourth-order valence-corrected chi connectivity index (χ4v) is 3.20. The van der Waals surface area contributed by atoms with Gasteiger partial charge >= 0.3 is 0 Å². The number of nitrogens with zero attached hydrogens (tertiary/aromatic N) is 4. The zero-order valence-corrected chi connectivity index (χ0v) is 18.9. The van der Waals surface area contributed by atoms with Gasteiger partial charge in [-0.1, -0.05) is 24.3 Å². The lowest BCUT2D eigenvalue weighted by Gasteiger charge is -2.25. The van der Waals surface area contributed by atoms with Crippen LogP contribution in [0.4, 0.5) is 22.7 Å². The van der Waals surface area contributed by atoms with Crippen LogP contribution in [0.1, 0.15) is 18.2 Å². The maximum absolute atomic E-state index is 11.1. The van der Waals surface area contributed by atoms with Crippen LogP contribution in [-0.4, -0.2) is 18.2 Å². The molecule has 168 valence electrons. The SMILES string of the molecule is C=N/C(=C\C=C/C)CN(Cc1ccccn1)c1ccc(NNc2ccc(C)cc2N=O)cc1. The van der Waals surface area contributed by atoms with E-state index in [4.69, 9.17) is 0 Å². The fourth-order valence-electron chi connectivity index (χ4n) is 3.20. The number of aryl methyl sites for hydroxylation is 1. The van der Waals surface area contributed by atoms with E-state index in [0.717, 1.165) is 28.3 Å². The van der Waals surface area contributed by atoms with Gasteiger partial charge in [0.15, 0.2) is 0 Å². The summed E-state index contributed by atoms with van der Waals surface area (Å²) >= 11 is 0. The molecule has 0 unspecified atom stereocenters. The van der Waals surface area contributed by atoms with Gasteiger partial charge in [0.2, 0.25) is 0 Å². The Bertz CT molecular complexity index is 1120. The number of nitroso groups, excluding NO2 is 1. The maximum atomic E-state index is 11.1. The van der Waals surface area contributed by atoms with Crippen LogP contribution in [0, 0.1) is 11.8 Å². The number of benzene rings is 2. The van der Waals surface area contributed by atoms with Gasteiger partial charge in [-0.15, -0.1) is 4.91 Å². The summed E-state index contributed by atoms with van der Waals surface area (Å²) < 4.78 is 0. The summed E-state index contributed by atoms with van der Waals surface area (Å²) in [6.45, 7) is 8.82. The lowest BCUT2D eigenvalue weighted by Crippen LogP contribution is -2.25. The second kappa shape index (κ2) is 12.0. The van der Waals surface area contributed by atoms with Gasteiger partial charge in [0.25, 0.3) is 0 Å². The topological polar surface area (TPSA) is 82.0 Å². The summed E-state index contributed by atoms with van der Waals surface area (Å²) in [7, 11) is 0. The average molecular weight is 441 g/mol. The monoisotopic (exact) mass is 440 g/mol. The number of allylic oxidation sites excluding steroid dienone is 3. The maximum Gasteiger partial charge on any atom is 0.133 e. The number of rotatable bonds is 11. The van der Waals surface area contributed by atoms with Crippen LogP contribution in [0.5, 0.6) is 0 Å². The molecule has 1 heterocycles. The Morgan fingerprint density at radius 2 is 1.94 bits per heavy atom. The van der Waals surface area contributed by atoms with Gasteiger partial charge in [0.05, 0.1) is 35.9 Å². The van der Waals surface area contributed by atoms with E-state index >= 15 is 0 Å². The van der Waals surface area contributed by atoms with Crippen LogP contribution in [0.15, 0.2) is 101 Å². The predicted molar refractivity (Wildman–Crippen MR) is 138 cm³/mol. The van der Waals surface area contributed by atoms with E-state index in [1.54, 1.807) is 12.3 Å². The first-order valence-corrected chi connectivity index (χ1v) is 10.6. The quantitative estimate of drug-likeness (QED) is 0.156. The molecule has 7 nitrogen and oxygen atoms in total. The van der Waals surface area contributed by atoms with E-state index in [1.165, 1.54) is 0 Å². The third kappa shape index (κ3) is 6.87. The van der Waals surface area contributed by atoms with Crippen molar-refractivity contribution >= 4 is 29.5 Å². The average Bonchev–Trinajstić information content (AvgIpc) is 2.86. The third-order valence-corrected chi connectivity index (χ3v) is 4.94. The molecule has 3 rings (SSSR count). The van der Waals surface area contributed by atoms with Crippen molar-refractivity contribution < 1.29 is 0 Å². The highest BCUT2D eigenvalue weighted by Gasteiger charge is 2.11. The molecule has 0 saturated heterocycles. The van der Waals surface area contributed by atoms with Gasteiger partial charge < -0.3 is 10.3 Å². The Kier molecular flexibility index (Phi) is 8.48. The van der Waals surface area contributed by atoms with Crippen LogP contribution < -0.4 is 15.8 Å². The second-order valence-corrected chi connectivity index (χ2v) is 7.43. The fraction of sp³-hybridized carbons (Fsp3) is 0.154. The largest absolute Gasteiger partial charge is 0.360 e. The van der Waals surface area contributed by atoms with E-state index in [9.17, 15) is 4.91 Å². The Morgan fingerprint density at radius 3 is 2.61 bits per heavy atom. The van der Waals surface area contributed by atoms with Gasteiger partial charge in [-0.05, 0) is 85.9 Å². The van der Waals surface area contributed by atoms with Gasteiger partial charge in [0.1, 0.15) is 5.69 Å². The van der Waals surface area contributed by atoms with Crippen LogP contribution >= 0.6 is 0 Å². The summed E-state index contributed by atoms with van der Waals surface area (Å²) in [6.07, 6.45) is 7.66. The number of hydrogen-bond donors (Lipinski definition) is 2. The highest BCUT2D eigenvalue weighted by Crippen LogP contribution is 2.26. The first-order chi connectivity index (χ1) is 16.1. The van der Waals surface area contributed by atoms with Crippen LogP contribution in [0.25, 0.3) is 0 Å². The van der Waals surface area contributed by atoms with Gasteiger partial charge in [-0.2, -0.15) is 0 Å². The molecule has 0 atom stereocenters. The number of aliphatic imine (C=N–C) groups is 1. The van der Waals surface area contributed by atoms with E-state index in [2.05, 4.69) is 37.6 Å². The zero-order valence-electron chi connectivity index (χ0n) is 18.9. The van der Waals surface area contributed by atoms with E-state index in [-0.39, 0.29) is 0 Å². The summed E-state index contributed by atoms with van der Waals surface area (Å²) in [6, 6.07) is 19.4. The number of hydrogen-bond acceptors (Lipinski definition) is 7. The Hall–Kier alpha value is -4.26. The number of aromatic nitrogens is 1. The third-order valence-electron chi connectivity index (χ3n) is 4.94. The molecule has 0 spiro atoms. The van der Waals surface area contributed by atoms with E-state index in [1.807, 2.05) is 86.7 Å². The minimum absolute atomic E-state index is 0.359. The molecule has 0 amide bonds. The number of nitrogens with one attached hydrogen (secondary N) is 2. The van der Waals surface area contributed by atoms with Gasteiger partial charge in [0, 0.05) is 11.9 Å². The summed E-state index contributed by atoms with van der Waals surface area (Å²) in [4.78, 5) is 21.9. The minimum Gasteiger partial charge on any atom is -0.360 e. The molecule has 0 saturated carbocycles. The number of anilines is 3. The Balaban J connectivity index is 1.76. The standard InChI is InChI=1S/C26H28N6O/c1-4-5-8-22(27-3)18-32(19-23-9-6-7-16-28-23)24-13-11-21(12-14-24)29-30-25-15-10-20(2)17-26(25)31-33/h4-17,29-30H,3,18-19H2,1-2H3/b5-4-,22-8-. The molecule has 2 N–H and O–H groups in total. The van der Waals surface area contributed by atoms with Crippen molar-refractivity contribution in [2.75, 3.05) is 22.3 Å². The Morgan fingerprint density at radius 1 is 1.12 bits per heavy atom. The molecular weight excluding hydrogens is 412 g/mol. The van der Waals surface area contributed by atoms with Crippen LogP contribution in [0.2, 0.25) is 0 Å². The van der Waals surface area contributed by atoms with Gasteiger partial charge in [-0.3, -0.25) is 15.4 Å². The number of pyridine rings is 1. The molecule has 1 aromatic heterocycles. The van der Waals surface area contributed by atoms with Crippen molar-refractivity contribution in [3.05, 3.63) is 107 Å². The minimum atomic E-state index is 0.359. The zero-order chi connectivity index (χ0) is 23.5. The van der Waals surface area contributed by atoms with Crippen molar-refractivity contribution in [2.24, 2.45) is 10.2 Å². The first-order valence-electron chi connectivity index (χ1n) is 10.6. The lowest BCUT2D eigenvalue weighted by atomic mass is 10.2. The molecular formula is C26H28N6O. The molecule has 0 aliphatic rings.